The highest BCUT2D eigenvalue weighted by Gasteiger charge is 2.19. The quantitative estimate of drug-likeness (QED) is 0.190. The zero-order chi connectivity index (χ0) is 26.7. The maximum Gasteiger partial charge on any atom is 0.326 e. The molecule has 0 fully saturated rings. The summed E-state index contributed by atoms with van der Waals surface area (Å²) in [6.45, 7) is 1.50. The van der Waals surface area contributed by atoms with Crippen molar-refractivity contribution in [3.63, 3.8) is 0 Å². The largest absolute Gasteiger partial charge is 0.404 e. The smallest absolute Gasteiger partial charge is 0.326 e. The van der Waals surface area contributed by atoms with Gasteiger partial charge in [0.25, 0.3) is 5.91 Å². The fraction of sp³-hybridized carbons (Fsp3) is 0.292. The van der Waals surface area contributed by atoms with Crippen molar-refractivity contribution in [1.29, 1.82) is 5.41 Å². The Kier molecular flexibility index (Phi) is 7.66. The van der Waals surface area contributed by atoms with Crippen molar-refractivity contribution in [2.75, 3.05) is 33.0 Å². The Bertz CT molecular complexity index is 1570. The van der Waals surface area contributed by atoms with Gasteiger partial charge in [0.15, 0.2) is 0 Å². The maximum atomic E-state index is 13.1. The van der Waals surface area contributed by atoms with Crippen LogP contribution in [0.5, 0.6) is 0 Å². The molecule has 0 bridgehead atoms. The lowest BCUT2D eigenvalue weighted by Crippen LogP contribution is -2.84. The molecular formula is C24H30N9O3S+. The molecule has 3 heterocycles. The van der Waals surface area contributed by atoms with Gasteiger partial charge in [0.2, 0.25) is 5.95 Å². The van der Waals surface area contributed by atoms with Crippen LogP contribution in [-0.4, -0.2) is 69.7 Å². The van der Waals surface area contributed by atoms with Crippen LogP contribution in [0.1, 0.15) is 21.0 Å². The summed E-state index contributed by atoms with van der Waals surface area (Å²) in [4.78, 5) is 48.4. The molecule has 4 aromatic rings. The molecule has 37 heavy (non-hydrogen) atoms. The van der Waals surface area contributed by atoms with Gasteiger partial charge in [0, 0.05) is 42.5 Å². The third-order valence-corrected chi connectivity index (χ3v) is 7.13. The van der Waals surface area contributed by atoms with Crippen molar-refractivity contribution in [3.8, 4) is 0 Å². The number of thiophene rings is 1. The van der Waals surface area contributed by atoms with Gasteiger partial charge in [-0.3, -0.25) is 20.0 Å². The first-order valence-corrected chi connectivity index (χ1v) is 12.5. The van der Waals surface area contributed by atoms with E-state index in [0.717, 1.165) is 11.7 Å². The van der Waals surface area contributed by atoms with Crippen LogP contribution in [0.15, 0.2) is 35.3 Å². The number of allylic oxidation sites excluding steroid dienone is 1. The van der Waals surface area contributed by atoms with Gasteiger partial charge in [0.1, 0.15) is 0 Å². The number of H-pyrrole nitrogens is 1. The summed E-state index contributed by atoms with van der Waals surface area (Å²) in [5.41, 5.74) is 8.53. The van der Waals surface area contributed by atoms with E-state index in [1.165, 1.54) is 22.9 Å². The van der Waals surface area contributed by atoms with Gasteiger partial charge >= 0.3 is 11.6 Å². The Hall–Kier alpha value is -4.07. The Morgan fingerprint density at radius 1 is 1.22 bits per heavy atom. The topological polar surface area (TPSA) is 172 Å². The fourth-order valence-electron chi connectivity index (χ4n) is 3.97. The van der Waals surface area contributed by atoms with Crippen molar-refractivity contribution >= 4 is 63.0 Å². The minimum Gasteiger partial charge on any atom is -0.404 e. The van der Waals surface area contributed by atoms with Crippen molar-refractivity contribution in [2.24, 2.45) is 5.73 Å². The van der Waals surface area contributed by atoms with Crippen LogP contribution < -0.4 is 22.1 Å². The highest BCUT2D eigenvalue weighted by molar-refractivity contribution is 7.15. The standard InChI is InChI=1S/C24H29N9O3S/c1-27-21(34)6-7-32-17-11-18-16(29-24(36)33(18)9-8-31(2)3)10-15(17)28-23(32)30-22(35)20-5-4-19(37-20)14(12-25)13-26/h4-5,10-13,25H,6-9,26H2,1-3H3,(H,27,34)(H,29,36)(H,28,30,35)/p+1/b14-13+,25-12?. The van der Waals surface area contributed by atoms with Crippen LogP contribution >= 0.6 is 11.3 Å². The van der Waals surface area contributed by atoms with Crippen LogP contribution in [0.4, 0.5) is 5.95 Å². The number of carbonyl (C=O) groups is 2. The number of quaternary nitrogens is 1. The summed E-state index contributed by atoms with van der Waals surface area (Å²) in [7, 11) is 5.58. The lowest BCUT2D eigenvalue weighted by molar-refractivity contribution is -0.539. The number of aryl methyl sites for hydroxylation is 1. The SMILES string of the molecule is C[NH2+]C(=O)CCn1c(NC(=O)c2ccc(/C(C=N)=C/N)s2)nc2cc3[nH]c(=O)n(CCN(C)C)c3cc21. The first-order chi connectivity index (χ1) is 17.7. The number of nitrogens with zero attached hydrogens (tertiary/aromatic N) is 4. The molecule has 13 heteroatoms. The van der Waals surface area contributed by atoms with E-state index in [1.807, 2.05) is 25.1 Å². The molecular weight excluding hydrogens is 494 g/mol. The number of anilines is 1. The molecule has 0 radical (unpaired) electrons. The Morgan fingerprint density at radius 3 is 2.65 bits per heavy atom. The number of carbonyl (C=O) groups excluding carboxylic acids is 2. The van der Waals surface area contributed by atoms with Crippen molar-refractivity contribution in [1.82, 2.24) is 24.0 Å². The van der Waals surface area contributed by atoms with Crippen molar-refractivity contribution < 1.29 is 14.9 Å². The van der Waals surface area contributed by atoms with Crippen LogP contribution in [0, 0.1) is 5.41 Å². The second-order valence-corrected chi connectivity index (χ2v) is 9.80. The number of imidazole rings is 2. The summed E-state index contributed by atoms with van der Waals surface area (Å²) < 4.78 is 3.47. The summed E-state index contributed by atoms with van der Waals surface area (Å²) in [5, 5.41) is 11.8. The Labute approximate surface area is 216 Å². The summed E-state index contributed by atoms with van der Waals surface area (Å²) >= 11 is 1.21. The number of hydrogen-bond acceptors (Lipinski definition) is 8. The number of amides is 2. The molecule has 7 N–H and O–H groups in total. The van der Waals surface area contributed by atoms with Gasteiger partial charge in [-0.1, -0.05) is 0 Å². The van der Waals surface area contributed by atoms with E-state index in [2.05, 4.69) is 15.3 Å². The van der Waals surface area contributed by atoms with Gasteiger partial charge in [0.05, 0.1) is 40.4 Å². The molecule has 0 aliphatic rings. The third-order valence-electron chi connectivity index (χ3n) is 5.99. The number of aromatic amines is 1. The molecule has 0 aliphatic heterocycles. The van der Waals surface area contributed by atoms with Gasteiger partial charge in [-0.25, -0.2) is 14.6 Å². The number of rotatable bonds is 10. The zero-order valence-corrected chi connectivity index (χ0v) is 21.7. The highest BCUT2D eigenvalue weighted by atomic mass is 32.1. The minimum absolute atomic E-state index is 0.0274. The highest BCUT2D eigenvalue weighted by Crippen LogP contribution is 2.27. The predicted molar refractivity (Wildman–Crippen MR) is 145 cm³/mol. The number of primary amides is 1. The average molecular weight is 525 g/mol. The van der Waals surface area contributed by atoms with E-state index in [0.29, 0.717) is 57.5 Å². The molecule has 0 aliphatic carbocycles. The van der Waals surface area contributed by atoms with Crippen LogP contribution in [-0.2, 0) is 17.9 Å². The van der Waals surface area contributed by atoms with Gasteiger partial charge in [-0.2, -0.15) is 0 Å². The lowest BCUT2D eigenvalue weighted by atomic mass is 10.2. The molecule has 0 spiro atoms. The first kappa shape index (κ1) is 26.0. The van der Waals surface area contributed by atoms with Gasteiger partial charge in [-0.15, -0.1) is 11.3 Å². The summed E-state index contributed by atoms with van der Waals surface area (Å²) in [6.07, 6.45) is 2.69. The number of likely N-dealkylation sites (N-methyl/N-ethyl adjacent to an activating group) is 1. The molecule has 0 unspecified atom stereocenters. The molecule has 1 aromatic carbocycles. The van der Waals surface area contributed by atoms with E-state index >= 15 is 0 Å². The second-order valence-electron chi connectivity index (χ2n) is 8.72. The van der Waals surface area contributed by atoms with E-state index in [-0.39, 0.29) is 23.9 Å². The molecule has 4 rings (SSSR count). The third kappa shape index (κ3) is 5.38. The average Bonchev–Trinajstić information content (AvgIpc) is 3.56. The zero-order valence-electron chi connectivity index (χ0n) is 20.9. The number of nitrogens with two attached hydrogens (primary N) is 2. The molecule has 3 aromatic heterocycles. The molecule has 0 saturated carbocycles. The van der Waals surface area contributed by atoms with Crippen LogP contribution in [0.25, 0.3) is 27.6 Å². The normalized spacial score (nSPS) is 12.1. The molecule has 0 atom stereocenters. The predicted octanol–water partition coefficient (Wildman–Crippen LogP) is 0.614. The summed E-state index contributed by atoms with van der Waals surface area (Å²) in [6, 6.07) is 7.05. The van der Waals surface area contributed by atoms with E-state index < -0.39 is 0 Å². The number of hydrogen-bond donors (Lipinski definition) is 5. The fourth-order valence-corrected chi connectivity index (χ4v) is 4.86. The molecule has 194 valence electrons. The van der Waals surface area contributed by atoms with Crippen LogP contribution in [0.2, 0.25) is 0 Å². The minimum atomic E-state index is -0.365. The first-order valence-electron chi connectivity index (χ1n) is 11.7. The molecule has 0 saturated heterocycles. The van der Waals surface area contributed by atoms with E-state index in [1.54, 1.807) is 34.4 Å². The van der Waals surface area contributed by atoms with Crippen molar-refractivity contribution in [2.45, 2.75) is 19.5 Å². The second kappa shape index (κ2) is 10.9. The number of benzene rings is 1. The van der Waals surface area contributed by atoms with Gasteiger partial charge in [-0.05, 0) is 38.4 Å². The Morgan fingerprint density at radius 2 is 1.97 bits per heavy atom. The number of aromatic nitrogens is 4. The molecule has 2 amide bonds. The van der Waals surface area contributed by atoms with E-state index in [9.17, 15) is 14.4 Å². The number of nitrogens with one attached hydrogen (secondary N) is 3. The Balaban J connectivity index is 1.75. The van der Waals surface area contributed by atoms with E-state index in [4.69, 9.17) is 11.1 Å². The monoisotopic (exact) mass is 524 g/mol. The van der Waals surface area contributed by atoms with Gasteiger partial charge < -0.3 is 25.6 Å². The van der Waals surface area contributed by atoms with Crippen LogP contribution in [0.3, 0.4) is 0 Å². The number of fused-ring (bicyclic) bond motifs is 2. The maximum absolute atomic E-state index is 13.1. The summed E-state index contributed by atoms with van der Waals surface area (Å²) in [5.74, 6) is -0.0910. The van der Waals surface area contributed by atoms with Crippen molar-refractivity contribution in [3.05, 3.63) is 50.7 Å². The lowest BCUT2D eigenvalue weighted by Gasteiger charge is -2.11. The molecule has 12 nitrogen and oxygen atoms in total.